The number of hydrogen-bond donors (Lipinski definition) is 4. The summed E-state index contributed by atoms with van der Waals surface area (Å²) in [5, 5.41) is 13.4. The zero-order valence-electron chi connectivity index (χ0n) is 17.8. The fourth-order valence-corrected chi connectivity index (χ4v) is 3.95. The molecule has 3 rings (SSSR count). The average molecular weight is 441 g/mol. The molecule has 164 valence electrons. The highest BCUT2D eigenvalue weighted by Gasteiger charge is 2.10. The van der Waals surface area contributed by atoms with Crippen molar-refractivity contribution in [2.45, 2.75) is 20.3 Å². The molecule has 0 spiro atoms. The number of primary amides is 1. The van der Waals surface area contributed by atoms with Crippen LogP contribution < -0.4 is 16.4 Å². The Morgan fingerprint density at radius 1 is 1.13 bits per heavy atom. The molecule has 2 heterocycles. The van der Waals surface area contributed by atoms with E-state index in [-0.39, 0.29) is 5.91 Å². The van der Waals surface area contributed by atoms with Crippen molar-refractivity contribution in [2.75, 3.05) is 31.5 Å². The summed E-state index contributed by atoms with van der Waals surface area (Å²) in [4.78, 5) is 27.3. The molecule has 0 fully saturated rings. The minimum Gasteiger partial charge on any atom is -0.365 e. The molecule has 0 saturated carbocycles. The molecular weight excluding hydrogens is 412 g/mol. The summed E-state index contributed by atoms with van der Waals surface area (Å²) < 4.78 is 0. The van der Waals surface area contributed by atoms with Gasteiger partial charge in [0.05, 0.1) is 15.4 Å². The molecule has 9 heteroatoms. The average Bonchev–Trinajstić information content (AvgIpc) is 3.44. The third kappa shape index (κ3) is 6.16. The van der Waals surface area contributed by atoms with E-state index in [0.717, 1.165) is 42.3 Å². The van der Waals surface area contributed by atoms with Gasteiger partial charge in [-0.15, -0.1) is 11.3 Å². The maximum atomic E-state index is 12.3. The Morgan fingerprint density at radius 2 is 1.87 bits per heavy atom. The number of thiophene rings is 1. The zero-order valence-corrected chi connectivity index (χ0v) is 18.6. The van der Waals surface area contributed by atoms with Crippen molar-refractivity contribution < 1.29 is 9.59 Å². The van der Waals surface area contributed by atoms with Crippen LogP contribution in [-0.2, 0) is 0 Å². The van der Waals surface area contributed by atoms with Gasteiger partial charge in [-0.1, -0.05) is 13.8 Å². The summed E-state index contributed by atoms with van der Waals surface area (Å²) >= 11 is 1.31. The van der Waals surface area contributed by atoms with Gasteiger partial charge in [-0.25, -0.2) is 0 Å². The van der Waals surface area contributed by atoms with Crippen molar-refractivity contribution in [1.29, 1.82) is 0 Å². The summed E-state index contributed by atoms with van der Waals surface area (Å²) in [6.45, 7) is 7.98. The third-order valence-corrected chi connectivity index (χ3v) is 6.08. The lowest BCUT2D eigenvalue weighted by molar-refractivity contribution is 0.0950. The van der Waals surface area contributed by atoms with E-state index in [1.54, 1.807) is 18.2 Å². The van der Waals surface area contributed by atoms with Gasteiger partial charge in [0.1, 0.15) is 0 Å². The van der Waals surface area contributed by atoms with Crippen LogP contribution in [0.3, 0.4) is 0 Å². The first kappa shape index (κ1) is 22.5. The molecule has 0 unspecified atom stereocenters. The van der Waals surface area contributed by atoms with Crippen molar-refractivity contribution in [3.05, 3.63) is 52.9 Å². The highest BCUT2D eigenvalue weighted by molar-refractivity contribution is 7.17. The topological polar surface area (TPSA) is 116 Å². The number of nitrogens with two attached hydrogens (primary N) is 1. The number of aromatic amines is 1. The van der Waals surface area contributed by atoms with Crippen LogP contribution >= 0.6 is 11.3 Å². The molecule has 0 aliphatic carbocycles. The van der Waals surface area contributed by atoms with Gasteiger partial charge < -0.3 is 21.3 Å². The molecule has 0 aliphatic rings. The second-order valence-corrected chi connectivity index (χ2v) is 8.12. The number of aromatic nitrogens is 2. The maximum absolute atomic E-state index is 12.3. The van der Waals surface area contributed by atoms with E-state index in [4.69, 9.17) is 5.73 Å². The summed E-state index contributed by atoms with van der Waals surface area (Å²) in [6.07, 6.45) is 0.930. The van der Waals surface area contributed by atoms with Gasteiger partial charge in [0, 0.05) is 23.9 Å². The van der Waals surface area contributed by atoms with Crippen LogP contribution in [0.2, 0.25) is 0 Å². The highest BCUT2D eigenvalue weighted by atomic mass is 32.1. The number of hydrogen-bond acceptors (Lipinski definition) is 6. The molecule has 8 nitrogen and oxygen atoms in total. The number of H-pyrrole nitrogens is 1. The summed E-state index contributed by atoms with van der Waals surface area (Å²) in [5.74, 6) is 0.121. The normalized spacial score (nSPS) is 10.9. The fourth-order valence-electron chi connectivity index (χ4n) is 3.13. The van der Waals surface area contributed by atoms with E-state index < -0.39 is 5.91 Å². The SMILES string of the molecule is CCN(CC)CCCNC(=O)c1ccc(Nc2cc(-c3ccc(C(N)=O)s3)[nH]n2)cc1. The number of anilines is 2. The summed E-state index contributed by atoms with van der Waals surface area (Å²) in [7, 11) is 0. The van der Waals surface area contributed by atoms with E-state index in [2.05, 4.69) is 39.6 Å². The Bertz CT molecular complexity index is 1010. The van der Waals surface area contributed by atoms with E-state index in [0.29, 0.717) is 22.8 Å². The van der Waals surface area contributed by atoms with Crippen LogP contribution in [-0.4, -0.2) is 53.1 Å². The van der Waals surface area contributed by atoms with Crippen molar-refractivity contribution in [3.63, 3.8) is 0 Å². The van der Waals surface area contributed by atoms with Gasteiger partial charge in [-0.3, -0.25) is 14.7 Å². The van der Waals surface area contributed by atoms with Crippen LogP contribution in [0.25, 0.3) is 10.6 Å². The fraction of sp³-hybridized carbons (Fsp3) is 0.318. The maximum Gasteiger partial charge on any atom is 0.258 e. The Labute approximate surface area is 185 Å². The Kier molecular flexibility index (Phi) is 7.80. The number of benzene rings is 1. The van der Waals surface area contributed by atoms with Crippen LogP contribution in [0.1, 0.15) is 40.3 Å². The van der Waals surface area contributed by atoms with Crippen LogP contribution in [0.15, 0.2) is 42.5 Å². The Balaban J connectivity index is 1.52. The second kappa shape index (κ2) is 10.7. The highest BCUT2D eigenvalue weighted by Crippen LogP contribution is 2.28. The number of nitrogens with zero attached hydrogens (tertiary/aromatic N) is 2. The minimum absolute atomic E-state index is 0.0731. The number of carbonyl (C=O) groups excluding carboxylic acids is 2. The number of nitrogens with one attached hydrogen (secondary N) is 3. The molecule has 2 amide bonds. The standard InChI is InChI=1S/C22H28N6O2S/c1-3-28(4-2)13-5-12-24-22(30)15-6-8-16(9-7-15)25-20-14-17(26-27-20)18-10-11-19(31-18)21(23)29/h6-11,14H,3-5,12-13H2,1-2H3,(H2,23,29)(H,24,30)(H2,25,26,27). The molecule has 1 aromatic carbocycles. The molecule has 3 aromatic rings. The zero-order chi connectivity index (χ0) is 22.2. The second-order valence-electron chi connectivity index (χ2n) is 7.03. The monoisotopic (exact) mass is 440 g/mol. The first-order valence-electron chi connectivity index (χ1n) is 10.3. The number of carbonyl (C=O) groups is 2. The molecule has 0 aliphatic heterocycles. The van der Waals surface area contributed by atoms with Gasteiger partial charge in [-0.05, 0) is 62.5 Å². The molecule has 0 bridgehead atoms. The van der Waals surface area contributed by atoms with Gasteiger partial charge in [-0.2, -0.15) is 5.10 Å². The largest absolute Gasteiger partial charge is 0.365 e. The third-order valence-electron chi connectivity index (χ3n) is 4.94. The Hall–Kier alpha value is -3.17. The lowest BCUT2D eigenvalue weighted by Crippen LogP contribution is -2.29. The summed E-state index contributed by atoms with van der Waals surface area (Å²) in [6, 6.07) is 12.6. The van der Waals surface area contributed by atoms with Crippen molar-refractivity contribution in [1.82, 2.24) is 20.4 Å². The first-order valence-corrected chi connectivity index (χ1v) is 11.1. The molecule has 31 heavy (non-hydrogen) atoms. The molecule has 0 atom stereocenters. The van der Waals surface area contributed by atoms with Gasteiger partial charge in [0.2, 0.25) is 0 Å². The molecule has 2 aromatic heterocycles. The first-order chi connectivity index (χ1) is 15.0. The molecular formula is C22H28N6O2S. The number of amides is 2. The van der Waals surface area contributed by atoms with Crippen molar-refractivity contribution in [3.8, 4) is 10.6 Å². The van der Waals surface area contributed by atoms with Crippen LogP contribution in [0.5, 0.6) is 0 Å². The van der Waals surface area contributed by atoms with Gasteiger partial charge >= 0.3 is 0 Å². The lowest BCUT2D eigenvalue weighted by atomic mass is 10.2. The summed E-state index contributed by atoms with van der Waals surface area (Å²) in [5.41, 5.74) is 7.54. The van der Waals surface area contributed by atoms with Crippen molar-refractivity contribution >= 4 is 34.7 Å². The lowest BCUT2D eigenvalue weighted by Gasteiger charge is -2.17. The van der Waals surface area contributed by atoms with Gasteiger partial charge in [0.15, 0.2) is 5.82 Å². The minimum atomic E-state index is -0.442. The smallest absolute Gasteiger partial charge is 0.258 e. The van der Waals surface area contributed by atoms with E-state index in [9.17, 15) is 9.59 Å². The van der Waals surface area contributed by atoms with Crippen LogP contribution in [0.4, 0.5) is 11.5 Å². The van der Waals surface area contributed by atoms with E-state index >= 15 is 0 Å². The molecule has 0 radical (unpaired) electrons. The van der Waals surface area contributed by atoms with E-state index in [1.165, 1.54) is 11.3 Å². The van der Waals surface area contributed by atoms with Crippen LogP contribution in [0, 0.1) is 0 Å². The molecule has 0 saturated heterocycles. The molecule has 5 N–H and O–H groups in total. The predicted octanol–water partition coefficient (Wildman–Crippen LogP) is 3.44. The Morgan fingerprint density at radius 3 is 2.52 bits per heavy atom. The quantitative estimate of drug-likeness (QED) is 0.341. The van der Waals surface area contributed by atoms with E-state index in [1.807, 2.05) is 24.3 Å². The number of rotatable bonds is 11. The predicted molar refractivity (Wildman–Crippen MR) is 125 cm³/mol. The van der Waals surface area contributed by atoms with Gasteiger partial charge in [0.25, 0.3) is 11.8 Å². The van der Waals surface area contributed by atoms with Crippen molar-refractivity contribution in [2.24, 2.45) is 5.73 Å².